The summed E-state index contributed by atoms with van der Waals surface area (Å²) in [7, 11) is 0. The SMILES string of the molecule is CC(C)N(Cc1ccc(N)cc1)C(=O)C1CCCOC1. The second-order valence-corrected chi connectivity index (χ2v) is 5.72. The van der Waals surface area contributed by atoms with Gasteiger partial charge in [0.25, 0.3) is 0 Å². The summed E-state index contributed by atoms with van der Waals surface area (Å²) < 4.78 is 5.44. The van der Waals surface area contributed by atoms with E-state index in [1.165, 1.54) is 0 Å². The van der Waals surface area contributed by atoms with Gasteiger partial charge in [-0.05, 0) is 44.4 Å². The number of anilines is 1. The van der Waals surface area contributed by atoms with Gasteiger partial charge in [-0.15, -0.1) is 0 Å². The van der Waals surface area contributed by atoms with Crippen LogP contribution in [0.3, 0.4) is 0 Å². The van der Waals surface area contributed by atoms with Crippen molar-refractivity contribution in [2.24, 2.45) is 5.92 Å². The minimum Gasteiger partial charge on any atom is -0.399 e. The van der Waals surface area contributed by atoms with Gasteiger partial charge in [0.05, 0.1) is 12.5 Å². The highest BCUT2D eigenvalue weighted by Gasteiger charge is 2.28. The maximum absolute atomic E-state index is 12.6. The number of nitrogens with two attached hydrogens (primary N) is 1. The lowest BCUT2D eigenvalue weighted by Gasteiger charge is -2.32. The Kier molecular flexibility index (Phi) is 5.01. The predicted molar refractivity (Wildman–Crippen MR) is 80.1 cm³/mol. The first-order valence-electron chi connectivity index (χ1n) is 7.30. The maximum Gasteiger partial charge on any atom is 0.228 e. The Morgan fingerprint density at radius 1 is 1.40 bits per heavy atom. The van der Waals surface area contributed by atoms with Crippen LogP contribution in [-0.4, -0.2) is 30.1 Å². The van der Waals surface area contributed by atoms with Crippen LogP contribution in [-0.2, 0) is 16.1 Å². The van der Waals surface area contributed by atoms with Crippen molar-refractivity contribution in [1.82, 2.24) is 4.90 Å². The third kappa shape index (κ3) is 3.73. The van der Waals surface area contributed by atoms with Crippen molar-refractivity contribution in [2.75, 3.05) is 18.9 Å². The van der Waals surface area contributed by atoms with E-state index < -0.39 is 0 Å². The van der Waals surface area contributed by atoms with Crippen LogP contribution in [0.4, 0.5) is 5.69 Å². The van der Waals surface area contributed by atoms with Crippen LogP contribution >= 0.6 is 0 Å². The van der Waals surface area contributed by atoms with E-state index in [4.69, 9.17) is 10.5 Å². The van der Waals surface area contributed by atoms with Crippen molar-refractivity contribution < 1.29 is 9.53 Å². The average molecular weight is 276 g/mol. The third-order valence-electron chi connectivity index (χ3n) is 3.75. The van der Waals surface area contributed by atoms with Crippen molar-refractivity contribution in [2.45, 2.75) is 39.3 Å². The predicted octanol–water partition coefficient (Wildman–Crippen LogP) is 2.43. The molecule has 1 unspecified atom stereocenters. The molecule has 1 aliphatic heterocycles. The molecule has 4 heteroatoms. The minimum absolute atomic E-state index is 0.0138. The lowest BCUT2D eigenvalue weighted by atomic mass is 9.99. The number of carbonyl (C=O) groups excluding carboxylic acids is 1. The van der Waals surface area contributed by atoms with Crippen LogP contribution in [0.5, 0.6) is 0 Å². The summed E-state index contributed by atoms with van der Waals surface area (Å²) in [6, 6.07) is 7.90. The third-order valence-corrected chi connectivity index (χ3v) is 3.75. The molecule has 1 aliphatic rings. The normalized spacial score (nSPS) is 19.1. The maximum atomic E-state index is 12.6. The second kappa shape index (κ2) is 6.75. The smallest absolute Gasteiger partial charge is 0.228 e. The summed E-state index contributed by atoms with van der Waals surface area (Å²) >= 11 is 0. The molecule has 1 atom stereocenters. The van der Waals surface area contributed by atoms with Crippen molar-refractivity contribution in [1.29, 1.82) is 0 Å². The Balaban J connectivity index is 2.06. The lowest BCUT2D eigenvalue weighted by Crippen LogP contribution is -2.42. The molecule has 0 radical (unpaired) electrons. The van der Waals surface area contributed by atoms with Crippen LogP contribution in [0.2, 0.25) is 0 Å². The first-order valence-corrected chi connectivity index (χ1v) is 7.30. The van der Waals surface area contributed by atoms with E-state index in [0.717, 1.165) is 30.7 Å². The van der Waals surface area contributed by atoms with Gasteiger partial charge >= 0.3 is 0 Å². The number of hydrogen-bond acceptors (Lipinski definition) is 3. The number of benzene rings is 1. The largest absolute Gasteiger partial charge is 0.399 e. The summed E-state index contributed by atoms with van der Waals surface area (Å²) in [4.78, 5) is 14.6. The Hall–Kier alpha value is -1.55. The highest BCUT2D eigenvalue weighted by Crippen LogP contribution is 2.20. The second-order valence-electron chi connectivity index (χ2n) is 5.72. The molecule has 0 saturated carbocycles. The minimum atomic E-state index is 0.0138. The molecule has 0 aliphatic carbocycles. The van der Waals surface area contributed by atoms with Crippen LogP contribution < -0.4 is 5.73 Å². The number of nitrogens with zero attached hydrogens (tertiary/aromatic N) is 1. The van der Waals surface area contributed by atoms with Gasteiger partial charge in [-0.3, -0.25) is 4.79 Å². The van der Waals surface area contributed by atoms with E-state index in [0.29, 0.717) is 13.2 Å². The molecule has 20 heavy (non-hydrogen) atoms. The fourth-order valence-electron chi connectivity index (χ4n) is 2.50. The van der Waals surface area contributed by atoms with E-state index in [1.54, 1.807) is 0 Å². The van der Waals surface area contributed by atoms with Gasteiger partial charge in [0, 0.05) is 24.9 Å². The molecular weight excluding hydrogens is 252 g/mol. The number of ether oxygens (including phenoxy) is 1. The molecule has 1 heterocycles. The Morgan fingerprint density at radius 2 is 2.10 bits per heavy atom. The summed E-state index contributed by atoms with van der Waals surface area (Å²) in [5.74, 6) is 0.219. The Labute approximate surface area is 120 Å². The van der Waals surface area contributed by atoms with Gasteiger partial charge in [-0.2, -0.15) is 0 Å². The molecule has 1 fully saturated rings. The molecule has 1 aromatic carbocycles. The molecule has 2 rings (SSSR count). The van der Waals surface area contributed by atoms with Crippen LogP contribution in [0.25, 0.3) is 0 Å². The van der Waals surface area contributed by atoms with Gasteiger partial charge in [-0.1, -0.05) is 12.1 Å². The Bertz CT molecular complexity index is 436. The van der Waals surface area contributed by atoms with E-state index in [2.05, 4.69) is 13.8 Å². The first kappa shape index (κ1) is 14.9. The summed E-state index contributed by atoms with van der Waals surface area (Å²) in [6.07, 6.45) is 1.91. The van der Waals surface area contributed by atoms with Crippen LogP contribution in [0, 0.1) is 5.92 Å². The van der Waals surface area contributed by atoms with Gasteiger partial charge in [0.1, 0.15) is 0 Å². The zero-order valence-corrected chi connectivity index (χ0v) is 12.3. The van der Waals surface area contributed by atoms with Gasteiger partial charge in [0.2, 0.25) is 5.91 Å². The molecule has 4 nitrogen and oxygen atoms in total. The van der Waals surface area contributed by atoms with Crippen LogP contribution in [0.1, 0.15) is 32.3 Å². The van der Waals surface area contributed by atoms with Gasteiger partial charge in [-0.25, -0.2) is 0 Å². The highest BCUT2D eigenvalue weighted by atomic mass is 16.5. The quantitative estimate of drug-likeness (QED) is 0.859. The van der Waals surface area contributed by atoms with Crippen molar-refractivity contribution in [3.05, 3.63) is 29.8 Å². The highest BCUT2D eigenvalue weighted by molar-refractivity contribution is 5.79. The van der Waals surface area contributed by atoms with E-state index in [-0.39, 0.29) is 17.9 Å². The molecule has 0 aromatic heterocycles. The standard InChI is InChI=1S/C16H24N2O2/c1-12(2)18(10-13-5-7-15(17)8-6-13)16(19)14-4-3-9-20-11-14/h5-8,12,14H,3-4,9-11,17H2,1-2H3. The molecule has 110 valence electrons. The average Bonchev–Trinajstić information content (AvgIpc) is 2.46. The van der Waals surface area contributed by atoms with Gasteiger partial charge < -0.3 is 15.4 Å². The summed E-state index contributed by atoms with van der Waals surface area (Å²) in [5.41, 5.74) is 7.55. The zero-order chi connectivity index (χ0) is 14.5. The van der Waals surface area contributed by atoms with Crippen molar-refractivity contribution in [3.8, 4) is 0 Å². The topological polar surface area (TPSA) is 55.6 Å². The monoisotopic (exact) mass is 276 g/mol. The molecule has 1 saturated heterocycles. The molecule has 1 aromatic rings. The molecule has 0 spiro atoms. The van der Waals surface area contributed by atoms with Crippen molar-refractivity contribution >= 4 is 11.6 Å². The van der Waals surface area contributed by atoms with Crippen molar-refractivity contribution in [3.63, 3.8) is 0 Å². The van der Waals surface area contributed by atoms with Crippen LogP contribution in [0.15, 0.2) is 24.3 Å². The Morgan fingerprint density at radius 3 is 2.65 bits per heavy atom. The first-order chi connectivity index (χ1) is 9.58. The fourth-order valence-corrected chi connectivity index (χ4v) is 2.50. The number of carbonyl (C=O) groups is 1. The number of rotatable bonds is 4. The fraction of sp³-hybridized carbons (Fsp3) is 0.562. The van der Waals surface area contributed by atoms with E-state index in [1.807, 2.05) is 29.2 Å². The van der Waals surface area contributed by atoms with E-state index >= 15 is 0 Å². The molecular formula is C16H24N2O2. The molecule has 2 N–H and O–H groups in total. The van der Waals surface area contributed by atoms with Gasteiger partial charge in [0.15, 0.2) is 0 Å². The number of nitrogen functional groups attached to an aromatic ring is 1. The molecule has 0 bridgehead atoms. The molecule has 1 amide bonds. The van der Waals surface area contributed by atoms with E-state index in [9.17, 15) is 4.79 Å². The summed E-state index contributed by atoms with van der Waals surface area (Å²) in [6.45, 7) is 6.08. The number of hydrogen-bond donors (Lipinski definition) is 1. The zero-order valence-electron chi connectivity index (χ0n) is 12.3. The number of amides is 1. The lowest BCUT2D eigenvalue weighted by molar-refractivity contribution is -0.142. The summed E-state index contributed by atoms with van der Waals surface area (Å²) in [5, 5.41) is 0.